The van der Waals surface area contributed by atoms with E-state index in [9.17, 15) is 9.59 Å². The molecule has 3 fully saturated rings. The lowest BCUT2D eigenvalue weighted by molar-refractivity contribution is -0.133. The van der Waals surface area contributed by atoms with E-state index in [0.717, 1.165) is 66.9 Å². The Bertz CT molecular complexity index is 1040. The third kappa shape index (κ3) is 4.02. The van der Waals surface area contributed by atoms with Gasteiger partial charge in [0, 0.05) is 42.4 Å². The van der Waals surface area contributed by atoms with Gasteiger partial charge in [-0.25, -0.2) is 9.50 Å². The summed E-state index contributed by atoms with van der Waals surface area (Å²) in [7, 11) is 0. The molecule has 2 saturated carbocycles. The lowest BCUT2D eigenvalue weighted by Crippen LogP contribution is -2.32. The first-order valence-corrected chi connectivity index (χ1v) is 12.4. The molecule has 0 unspecified atom stereocenters. The Hall–Kier alpha value is -2.44. The molecule has 7 nitrogen and oxygen atoms in total. The second kappa shape index (κ2) is 8.49. The van der Waals surface area contributed by atoms with Crippen LogP contribution in [0.2, 0.25) is 0 Å². The van der Waals surface area contributed by atoms with E-state index in [4.69, 9.17) is 10.1 Å². The minimum absolute atomic E-state index is 0.0531. The van der Waals surface area contributed by atoms with Gasteiger partial charge in [-0.3, -0.25) is 9.59 Å². The maximum Gasteiger partial charge on any atom is 0.226 e. The smallest absolute Gasteiger partial charge is 0.226 e. The first-order valence-electron chi connectivity index (χ1n) is 12.4. The molecular formula is C25H35N5O2. The highest BCUT2D eigenvalue weighted by atomic mass is 16.2. The summed E-state index contributed by atoms with van der Waals surface area (Å²) in [6, 6.07) is 2.45. The van der Waals surface area contributed by atoms with Gasteiger partial charge in [0.05, 0.1) is 11.7 Å². The molecule has 0 spiro atoms. The maximum atomic E-state index is 12.9. The first kappa shape index (κ1) is 21.4. The Morgan fingerprint density at radius 3 is 2.62 bits per heavy atom. The summed E-state index contributed by atoms with van der Waals surface area (Å²) >= 11 is 0. The first-order chi connectivity index (χ1) is 15.4. The van der Waals surface area contributed by atoms with Gasteiger partial charge in [0.15, 0.2) is 5.65 Å². The number of hydrogen-bond donors (Lipinski definition) is 1. The Labute approximate surface area is 190 Å². The van der Waals surface area contributed by atoms with Crippen molar-refractivity contribution in [3.63, 3.8) is 0 Å². The molecule has 7 heteroatoms. The number of nitrogens with one attached hydrogen (secondary N) is 1. The van der Waals surface area contributed by atoms with Crippen molar-refractivity contribution in [2.45, 2.75) is 90.6 Å². The normalized spacial score (nSPS) is 25.6. The quantitative estimate of drug-likeness (QED) is 0.748. The van der Waals surface area contributed by atoms with Crippen LogP contribution in [0.25, 0.3) is 5.65 Å². The number of aromatic nitrogens is 3. The minimum atomic E-state index is 0.0531. The molecule has 2 amide bonds. The third-order valence-electron chi connectivity index (χ3n) is 7.81. The second-order valence-corrected chi connectivity index (χ2v) is 10.2. The fraction of sp³-hybridized carbons (Fsp3) is 0.680. The molecule has 0 radical (unpaired) electrons. The monoisotopic (exact) mass is 437 g/mol. The van der Waals surface area contributed by atoms with Gasteiger partial charge in [0.2, 0.25) is 11.8 Å². The van der Waals surface area contributed by atoms with Crippen LogP contribution in [-0.2, 0) is 16.0 Å². The number of carbonyl (C=O) groups is 2. The van der Waals surface area contributed by atoms with Gasteiger partial charge in [-0.15, -0.1) is 0 Å². The summed E-state index contributed by atoms with van der Waals surface area (Å²) in [5.74, 6) is 1.15. The van der Waals surface area contributed by atoms with E-state index in [0.29, 0.717) is 30.7 Å². The molecule has 0 aromatic carbocycles. The number of fused-ring (bicyclic) bond motifs is 1. The molecule has 1 N–H and O–H groups in total. The highest BCUT2D eigenvalue weighted by molar-refractivity contribution is 5.82. The van der Waals surface area contributed by atoms with Crippen LogP contribution in [0.1, 0.15) is 87.0 Å². The summed E-state index contributed by atoms with van der Waals surface area (Å²) in [5, 5.41) is 8.08. The van der Waals surface area contributed by atoms with Crippen LogP contribution in [0.5, 0.6) is 0 Å². The van der Waals surface area contributed by atoms with Crippen molar-refractivity contribution in [1.82, 2.24) is 24.8 Å². The lowest BCUT2D eigenvalue weighted by atomic mass is 10.1. The van der Waals surface area contributed by atoms with Gasteiger partial charge in [-0.1, -0.05) is 19.8 Å². The van der Waals surface area contributed by atoms with Crippen molar-refractivity contribution in [1.29, 1.82) is 0 Å². The van der Waals surface area contributed by atoms with Gasteiger partial charge in [0.1, 0.15) is 0 Å². The number of likely N-dealkylation sites (tertiary alicyclic amines) is 1. The summed E-state index contributed by atoms with van der Waals surface area (Å²) in [4.78, 5) is 32.2. The van der Waals surface area contributed by atoms with Gasteiger partial charge in [-0.05, 0) is 63.9 Å². The van der Waals surface area contributed by atoms with E-state index in [1.807, 2.05) is 22.4 Å². The molecule has 2 aliphatic carbocycles. The van der Waals surface area contributed by atoms with Gasteiger partial charge < -0.3 is 10.2 Å². The molecule has 0 bridgehead atoms. The van der Waals surface area contributed by atoms with Crippen LogP contribution in [0, 0.1) is 25.7 Å². The summed E-state index contributed by atoms with van der Waals surface area (Å²) in [5.41, 5.74) is 4.86. The zero-order valence-electron chi connectivity index (χ0n) is 19.6. The summed E-state index contributed by atoms with van der Waals surface area (Å²) in [6.45, 7) is 7.06. The fourth-order valence-electron chi connectivity index (χ4n) is 5.69. The molecule has 2 aromatic heterocycles. The number of carbonyl (C=O) groups excluding carboxylic acids is 2. The molecule has 2 aromatic rings. The van der Waals surface area contributed by atoms with E-state index >= 15 is 0 Å². The molecule has 32 heavy (non-hydrogen) atoms. The number of rotatable bonds is 6. The molecule has 3 heterocycles. The lowest BCUT2D eigenvalue weighted by Gasteiger charge is -2.23. The SMILES string of the molecule is Cc1nc2cc([C@@H]3CCCN3C(=O)[C@H]3C[C@H]3C)nn2c(C)c1CCC(=O)NC1CCCC1. The van der Waals surface area contributed by atoms with Crippen molar-refractivity contribution in [3.05, 3.63) is 28.7 Å². The largest absolute Gasteiger partial charge is 0.353 e. The van der Waals surface area contributed by atoms with Crippen molar-refractivity contribution in [2.75, 3.05) is 6.54 Å². The van der Waals surface area contributed by atoms with Crippen LogP contribution >= 0.6 is 0 Å². The standard InChI is InChI=1S/C25H35N5O2/c1-15-13-20(15)25(32)29-12-6-9-22(29)21-14-23-26-16(2)19(17(3)30(23)28-21)10-11-24(31)27-18-7-4-5-8-18/h14-15,18,20,22H,4-13H2,1-3H3,(H,27,31)/t15-,20+,22+/m1/s1. The highest BCUT2D eigenvalue weighted by Crippen LogP contribution is 2.43. The summed E-state index contributed by atoms with van der Waals surface area (Å²) < 4.78 is 1.91. The van der Waals surface area contributed by atoms with Crippen LogP contribution < -0.4 is 5.32 Å². The molecule has 1 saturated heterocycles. The van der Waals surface area contributed by atoms with E-state index in [1.165, 1.54) is 12.8 Å². The third-order valence-corrected chi connectivity index (χ3v) is 7.81. The van der Waals surface area contributed by atoms with E-state index < -0.39 is 0 Å². The molecular weight excluding hydrogens is 402 g/mol. The van der Waals surface area contributed by atoms with E-state index in [-0.39, 0.29) is 17.9 Å². The average molecular weight is 438 g/mol. The Morgan fingerprint density at radius 2 is 1.91 bits per heavy atom. The zero-order chi connectivity index (χ0) is 22.4. The average Bonchev–Trinajstić information content (AvgIpc) is 3.22. The topological polar surface area (TPSA) is 79.6 Å². The van der Waals surface area contributed by atoms with Crippen LogP contribution in [0.4, 0.5) is 0 Å². The Kier molecular flexibility index (Phi) is 5.68. The van der Waals surface area contributed by atoms with Gasteiger partial charge >= 0.3 is 0 Å². The molecule has 1 aliphatic heterocycles. The molecule has 5 rings (SSSR count). The van der Waals surface area contributed by atoms with E-state index in [1.54, 1.807) is 0 Å². The van der Waals surface area contributed by atoms with Crippen molar-refractivity contribution < 1.29 is 9.59 Å². The van der Waals surface area contributed by atoms with Gasteiger partial charge in [-0.2, -0.15) is 5.10 Å². The second-order valence-electron chi connectivity index (χ2n) is 10.2. The van der Waals surface area contributed by atoms with Crippen molar-refractivity contribution in [2.24, 2.45) is 11.8 Å². The molecule has 3 aliphatic rings. The fourth-order valence-corrected chi connectivity index (χ4v) is 5.69. The zero-order valence-corrected chi connectivity index (χ0v) is 19.6. The highest BCUT2D eigenvalue weighted by Gasteiger charge is 2.44. The minimum Gasteiger partial charge on any atom is -0.353 e. The summed E-state index contributed by atoms with van der Waals surface area (Å²) in [6.07, 6.45) is 8.80. The van der Waals surface area contributed by atoms with E-state index in [2.05, 4.69) is 19.2 Å². The number of aryl methyl sites for hydroxylation is 2. The van der Waals surface area contributed by atoms with Gasteiger partial charge in [0.25, 0.3) is 0 Å². The predicted octanol–water partition coefficient (Wildman–Crippen LogP) is 3.66. The van der Waals surface area contributed by atoms with Crippen LogP contribution in [-0.4, -0.2) is 43.9 Å². The predicted molar refractivity (Wildman–Crippen MR) is 122 cm³/mol. The Balaban J connectivity index is 1.33. The molecule has 3 atom stereocenters. The van der Waals surface area contributed by atoms with Crippen LogP contribution in [0.15, 0.2) is 6.07 Å². The van der Waals surface area contributed by atoms with Crippen molar-refractivity contribution >= 4 is 17.5 Å². The van der Waals surface area contributed by atoms with Crippen molar-refractivity contribution in [3.8, 4) is 0 Å². The Morgan fingerprint density at radius 1 is 1.16 bits per heavy atom. The maximum absolute atomic E-state index is 12.9. The molecule has 172 valence electrons. The van der Waals surface area contributed by atoms with Crippen LogP contribution in [0.3, 0.4) is 0 Å². The number of amides is 2. The number of nitrogens with zero attached hydrogens (tertiary/aromatic N) is 4. The number of hydrogen-bond acceptors (Lipinski definition) is 4.